The number of amides is 1. The number of carbonyl (C=O) groups is 2. The summed E-state index contributed by atoms with van der Waals surface area (Å²) < 4.78 is 38.3. The Labute approximate surface area is 214 Å². The fraction of sp³-hybridized carbons (Fsp3) is 0.320. The number of thiazole rings is 1. The summed E-state index contributed by atoms with van der Waals surface area (Å²) in [5.74, 6) is -1.35. The van der Waals surface area contributed by atoms with Crippen molar-refractivity contribution in [3.63, 3.8) is 0 Å². The molecule has 1 aromatic heterocycles. The van der Waals surface area contributed by atoms with Crippen LogP contribution in [0.25, 0.3) is 11.3 Å². The van der Waals surface area contributed by atoms with E-state index in [2.05, 4.69) is 10.3 Å². The summed E-state index contributed by atoms with van der Waals surface area (Å²) in [6, 6.07) is 13.5. The fourth-order valence-corrected chi connectivity index (χ4v) is 6.19. The van der Waals surface area contributed by atoms with Crippen LogP contribution in [-0.4, -0.2) is 61.5 Å². The molecule has 0 spiro atoms. The zero-order valence-corrected chi connectivity index (χ0v) is 21.8. The van der Waals surface area contributed by atoms with Gasteiger partial charge < -0.3 is 9.47 Å². The Kier molecular flexibility index (Phi) is 7.84. The number of sulfonamides is 1. The number of carbonyl (C=O) groups excluding carboxylic acids is 2. The molecule has 0 radical (unpaired) electrons. The molecule has 1 saturated heterocycles. The molecular weight excluding hydrogens is 502 g/mol. The smallest absolute Gasteiger partial charge is 0.338 e. The largest absolute Gasteiger partial charge is 0.452 e. The average molecular weight is 530 g/mol. The lowest BCUT2D eigenvalue weighted by Gasteiger charge is -2.34. The highest BCUT2D eigenvalue weighted by atomic mass is 32.2. The lowest BCUT2D eigenvalue weighted by Crippen LogP contribution is -2.48. The first-order valence-corrected chi connectivity index (χ1v) is 13.7. The Hall–Kier alpha value is -3.12. The summed E-state index contributed by atoms with van der Waals surface area (Å²) in [5.41, 5.74) is 2.83. The number of ether oxygens (including phenoxy) is 2. The zero-order chi connectivity index (χ0) is 25.9. The topological polar surface area (TPSA) is 115 Å². The number of esters is 1. The third-order valence-electron chi connectivity index (χ3n) is 5.53. The van der Waals surface area contributed by atoms with Crippen LogP contribution in [0.2, 0.25) is 0 Å². The number of benzene rings is 2. The van der Waals surface area contributed by atoms with Gasteiger partial charge in [0, 0.05) is 24.0 Å². The van der Waals surface area contributed by atoms with E-state index in [1.165, 1.54) is 39.9 Å². The number of hydrogen-bond acceptors (Lipinski definition) is 8. The van der Waals surface area contributed by atoms with Crippen molar-refractivity contribution in [3.8, 4) is 11.3 Å². The van der Waals surface area contributed by atoms with Gasteiger partial charge in [-0.3, -0.25) is 10.1 Å². The van der Waals surface area contributed by atoms with Crippen molar-refractivity contribution in [3.05, 3.63) is 65.0 Å². The van der Waals surface area contributed by atoms with Gasteiger partial charge in [0.25, 0.3) is 5.91 Å². The minimum absolute atomic E-state index is 0.0193. The monoisotopic (exact) mass is 529 g/mol. The number of nitrogens with zero attached hydrogens (tertiary/aromatic N) is 2. The van der Waals surface area contributed by atoms with Crippen LogP contribution in [0.4, 0.5) is 5.13 Å². The first-order chi connectivity index (χ1) is 17.1. The number of anilines is 1. The van der Waals surface area contributed by atoms with E-state index >= 15 is 0 Å². The van der Waals surface area contributed by atoms with Gasteiger partial charge in [-0.05, 0) is 39.0 Å². The van der Waals surface area contributed by atoms with Crippen molar-refractivity contribution in [1.29, 1.82) is 0 Å². The normalized spacial score (nSPS) is 18.5. The third-order valence-corrected chi connectivity index (χ3v) is 8.11. The van der Waals surface area contributed by atoms with Gasteiger partial charge in [0.1, 0.15) is 0 Å². The van der Waals surface area contributed by atoms with Gasteiger partial charge in [-0.2, -0.15) is 4.31 Å². The Morgan fingerprint density at radius 2 is 1.83 bits per heavy atom. The number of aryl methyl sites for hydroxylation is 1. The van der Waals surface area contributed by atoms with Crippen LogP contribution in [0, 0.1) is 6.92 Å². The quantitative estimate of drug-likeness (QED) is 0.464. The van der Waals surface area contributed by atoms with Crippen LogP contribution in [0.5, 0.6) is 0 Å². The van der Waals surface area contributed by atoms with Crippen molar-refractivity contribution in [2.24, 2.45) is 0 Å². The SMILES string of the molecule is Cc1ccc(-c2csc(NC(=O)COC(=O)c3cccc(S(=O)(=O)N4CC(C)OC(C)C4)c3)n2)cc1. The van der Waals surface area contributed by atoms with Gasteiger partial charge in [-0.25, -0.2) is 18.2 Å². The number of hydrogen-bond donors (Lipinski definition) is 1. The van der Waals surface area contributed by atoms with Crippen LogP contribution in [0.1, 0.15) is 29.8 Å². The summed E-state index contributed by atoms with van der Waals surface area (Å²) >= 11 is 1.26. The van der Waals surface area contributed by atoms with Gasteiger partial charge in [0.15, 0.2) is 11.7 Å². The van der Waals surface area contributed by atoms with E-state index in [0.717, 1.165) is 16.8 Å². The molecule has 9 nitrogen and oxygen atoms in total. The van der Waals surface area contributed by atoms with E-state index in [4.69, 9.17) is 9.47 Å². The van der Waals surface area contributed by atoms with Gasteiger partial charge in [-0.1, -0.05) is 35.9 Å². The van der Waals surface area contributed by atoms with Crippen LogP contribution in [0.15, 0.2) is 58.8 Å². The average Bonchev–Trinajstić information content (AvgIpc) is 3.30. The van der Waals surface area contributed by atoms with E-state index in [0.29, 0.717) is 5.13 Å². The second-order valence-electron chi connectivity index (χ2n) is 8.64. The molecule has 2 atom stereocenters. The van der Waals surface area contributed by atoms with E-state index in [9.17, 15) is 18.0 Å². The third kappa shape index (κ3) is 6.16. The number of aromatic nitrogens is 1. The standard InChI is InChI=1S/C25H27N3O6S2/c1-16-7-9-19(10-8-16)22-15-35-25(26-22)27-23(29)14-33-24(30)20-5-4-6-21(11-20)36(31,32)28-12-17(2)34-18(3)13-28/h4-11,15,17-18H,12-14H2,1-3H3,(H,26,27,29). The predicted octanol–water partition coefficient (Wildman–Crippen LogP) is 3.71. The molecule has 2 aromatic carbocycles. The van der Waals surface area contributed by atoms with Crippen molar-refractivity contribution in [2.75, 3.05) is 25.0 Å². The second kappa shape index (κ2) is 10.9. The molecule has 0 aliphatic carbocycles. The molecule has 0 bridgehead atoms. The van der Waals surface area contributed by atoms with E-state index < -0.39 is 28.5 Å². The van der Waals surface area contributed by atoms with E-state index in [1.807, 2.05) is 50.4 Å². The second-order valence-corrected chi connectivity index (χ2v) is 11.4. The molecule has 11 heteroatoms. The number of rotatable bonds is 7. The molecule has 190 valence electrons. The molecular formula is C25H27N3O6S2. The highest BCUT2D eigenvalue weighted by Gasteiger charge is 2.32. The van der Waals surface area contributed by atoms with Crippen molar-refractivity contribution in [1.82, 2.24) is 9.29 Å². The number of nitrogens with one attached hydrogen (secondary N) is 1. The molecule has 4 rings (SSSR count). The van der Waals surface area contributed by atoms with Crippen LogP contribution >= 0.6 is 11.3 Å². The maximum atomic E-state index is 13.1. The zero-order valence-electron chi connectivity index (χ0n) is 20.1. The Morgan fingerprint density at radius 3 is 2.53 bits per heavy atom. The Bertz CT molecular complexity index is 1340. The van der Waals surface area contributed by atoms with Gasteiger partial charge in [-0.15, -0.1) is 11.3 Å². The molecule has 2 unspecified atom stereocenters. The minimum Gasteiger partial charge on any atom is -0.452 e. The summed E-state index contributed by atoms with van der Waals surface area (Å²) in [4.78, 5) is 29.2. The van der Waals surface area contributed by atoms with Crippen LogP contribution in [0.3, 0.4) is 0 Å². The molecule has 0 saturated carbocycles. The summed E-state index contributed by atoms with van der Waals surface area (Å²) in [6.45, 7) is 5.54. The highest BCUT2D eigenvalue weighted by Crippen LogP contribution is 2.25. The Morgan fingerprint density at radius 1 is 1.14 bits per heavy atom. The maximum Gasteiger partial charge on any atom is 0.338 e. The molecule has 2 heterocycles. The molecule has 1 aliphatic rings. The molecule has 3 aromatic rings. The van der Waals surface area contributed by atoms with Gasteiger partial charge in [0.05, 0.1) is 28.4 Å². The summed E-state index contributed by atoms with van der Waals surface area (Å²) in [7, 11) is -3.82. The molecule has 1 N–H and O–H groups in total. The summed E-state index contributed by atoms with van der Waals surface area (Å²) in [6.07, 6.45) is -0.470. The van der Waals surface area contributed by atoms with Crippen molar-refractivity contribution >= 4 is 38.4 Å². The lowest BCUT2D eigenvalue weighted by molar-refractivity contribution is -0.119. The van der Waals surface area contributed by atoms with E-state index in [-0.39, 0.29) is 35.8 Å². The Balaban J connectivity index is 1.36. The minimum atomic E-state index is -3.82. The first kappa shape index (κ1) is 26.0. The van der Waals surface area contributed by atoms with Crippen LogP contribution < -0.4 is 5.32 Å². The molecule has 1 amide bonds. The molecule has 36 heavy (non-hydrogen) atoms. The lowest BCUT2D eigenvalue weighted by atomic mass is 10.1. The van der Waals surface area contributed by atoms with Gasteiger partial charge >= 0.3 is 5.97 Å². The predicted molar refractivity (Wildman–Crippen MR) is 136 cm³/mol. The van der Waals surface area contributed by atoms with Gasteiger partial charge in [0.2, 0.25) is 10.0 Å². The van der Waals surface area contributed by atoms with E-state index in [1.54, 1.807) is 0 Å². The summed E-state index contributed by atoms with van der Waals surface area (Å²) in [5, 5.41) is 4.82. The fourth-order valence-electron chi connectivity index (χ4n) is 3.82. The maximum absolute atomic E-state index is 13.1. The van der Waals surface area contributed by atoms with Crippen molar-refractivity contribution in [2.45, 2.75) is 37.9 Å². The first-order valence-electron chi connectivity index (χ1n) is 11.4. The van der Waals surface area contributed by atoms with Crippen molar-refractivity contribution < 1.29 is 27.5 Å². The number of morpholine rings is 1. The highest BCUT2D eigenvalue weighted by molar-refractivity contribution is 7.89. The molecule has 1 fully saturated rings. The molecule has 1 aliphatic heterocycles. The van der Waals surface area contributed by atoms with Crippen LogP contribution in [-0.2, 0) is 24.3 Å².